The van der Waals surface area contributed by atoms with Crippen LogP contribution in [0, 0.1) is 11.3 Å². The number of carboxylic acid groups (broad SMARTS) is 1. The lowest BCUT2D eigenvalue weighted by Crippen LogP contribution is -2.56. The number of hydrogen-bond donors (Lipinski definition) is 2. The number of amides is 1. The van der Waals surface area contributed by atoms with Gasteiger partial charge in [-0.2, -0.15) is 0 Å². The Hall–Kier alpha value is -1.26. The van der Waals surface area contributed by atoms with E-state index >= 15 is 0 Å². The number of ether oxygens (including phenoxy) is 1. The Balaban J connectivity index is 1.86. The zero-order valence-electron chi connectivity index (χ0n) is 11.2. The third-order valence-corrected chi connectivity index (χ3v) is 3.79. The highest BCUT2D eigenvalue weighted by atomic mass is 16.6. The van der Waals surface area contributed by atoms with Gasteiger partial charge in [-0.3, -0.25) is 0 Å². The maximum absolute atomic E-state index is 11.6. The van der Waals surface area contributed by atoms with E-state index in [1.54, 1.807) is 20.8 Å². The molecule has 0 radical (unpaired) electrons. The molecule has 0 aliphatic heterocycles. The zero-order valence-corrected chi connectivity index (χ0v) is 11.2. The van der Waals surface area contributed by atoms with E-state index in [1.165, 1.54) is 0 Å². The summed E-state index contributed by atoms with van der Waals surface area (Å²) >= 11 is 0. The van der Waals surface area contributed by atoms with Crippen molar-refractivity contribution < 1.29 is 19.4 Å². The van der Waals surface area contributed by atoms with Crippen LogP contribution in [0.3, 0.4) is 0 Å². The molecular formula is C13H21NO4. The van der Waals surface area contributed by atoms with Crippen LogP contribution in [0.25, 0.3) is 0 Å². The second kappa shape index (κ2) is 4.14. The van der Waals surface area contributed by atoms with Gasteiger partial charge in [0, 0.05) is 0 Å². The highest BCUT2D eigenvalue weighted by Gasteiger charge is 2.57. The largest absolute Gasteiger partial charge is 0.480 e. The average Bonchev–Trinajstić information content (AvgIpc) is 2.02. The minimum Gasteiger partial charge on any atom is -0.480 e. The van der Waals surface area contributed by atoms with Crippen molar-refractivity contribution in [1.29, 1.82) is 0 Å². The van der Waals surface area contributed by atoms with Crippen LogP contribution in [-0.2, 0) is 9.53 Å². The lowest BCUT2D eigenvalue weighted by atomic mass is 9.43. The summed E-state index contributed by atoms with van der Waals surface area (Å²) in [4.78, 5) is 22.7. The molecular weight excluding hydrogens is 234 g/mol. The van der Waals surface area contributed by atoms with Gasteiger partial charge in [0.25, 0.3) is 0 Å². The second-order valence-electron chi connectivity index (χ2n) is 6.72. The summed E-state index contributed by atoms with van der Waals surface area (Å²) in [5, 5.41) is 11.6. The Morgan fingerprint density at radius 1 is 1.39 bits per heavy atom. The minimum atomic E-state index is -0.981. The van der Waals surface area contributed by atoms with Crippen molar-refractivity contribution in [2.75, 3.05) is 0 Å². The van der Waals surface area contributed by atoms with E-state index in [9.17, 15) is 9.59 Å². The topological polar surface area (TPSA) is 75.6 Å². The van der Waals surface area contributed by atoms with E-state index in [0.717, 1.165) is 25.2 Å². The molecule has 1 atom stereocenters. The highest BCUT2D eigenvalue weighted by molar-refractivity contribution is 5.80. The quantitative estimate of drug-likeness (QED) is 0.807. The summed E-state index contributed by atoms with van der Waals surface area (Å²) in [6.07, 6.45) is 3.23. The van der Waals surface area contributed by atoms with Gasteiger partial charge in [-0.05, 0) is 57.8 Å². The molecule has 18 heavy (non-hydrogen) atoms. The van der Waals surface area contributed by atoms with Crippen molar-refractivity contribution in [3.8, 4) is 0 Å². The number of nitrogens with one attached hydrogen (secondary N) is 1. The lowest BCUT2D eigenvalue weighted by Gasteiger charge is -2.62. The molecule has 0 aromatic heterocycles. The Kier molecular flexibility index (Phi) is 3.03. The normalized spacial score (nSPS) is 30.7. The summed E-state index contributed by atoms with van der Waals surface area (Å²) in [7, 11) is 0. The molecule has 0 heterocycles. The molecule has 5 nitrogen and oxygen atoms in total. The van der Waals surface area contributed by atoms with Crippen molar-refractivity contribution in [1.82, 2.24) is 5.32 Å². The highest BCUT2D eigenvalue weighted by Crippen LogP contribution is 2.66. The molecule has 5 heteroatoms. The molecule has 3 fully saturated rings. The molecule has 2 N–H and O–H groups in total. The Morgan fingerprint density at radius 3 is 2.28 bits per heavy atom. The van der Waals surface area contributed by atoms with Gasteiger partial charge in [0.05, 0.1) is 0 Å². The first-order valence-electron chi connectivity index (χ1n) is 6.41. The molecule has 0 aromatic carbocycles. The van der Waals surface area contributed by atoms with E-state index in [1.807, 2.05) is 0 Å². The van der Waals surface area contributed by atoms with Crippen LogP contribution in [-0.4, -0.2) is 28.8 Å². The van der Waals surface area contributed by atoms with Crippen LogP contribution in [0.1, 0.15) is 46.5 Å². The maximum Gasteiger partial charge on any atom is 0.408 e. The molecule has 0 saturated heterocycles. The van der Waals surface area contributed by atoms with Gasteiger partial charge in [-0.25, -0.2) is 9.59 Å². The fourth-order valence-corrected chi connectivity index (χ4v) is 2.99. The number of carboxylic acids is 1. The number of hydrogen-bond acceptors (Lipinski definition) is 3. The van der Waals surface area contributed by atoms with Gasteiger partial charge in [0.2, 0.25) is 0 Å². The van der Waals surface area contributed by atoms with Crippen LogP contribution < -0.4 is 5.32 Å². The zero-order chi connectivity index (χ0) is 13.6. The minimum absolute atomic E-state index is 0.183. The second-order valence-corrected chi connectivity index (χ2v) is 6.72. The van der Waals surface area contributed by atoms with Crippen molar-refractivity contribution in [2.24, 2.45) is 11.3 Å². The van der Waals surface area contributed by atoms with E-state index in [4.69, 9.17) is 9.84 Å². The van der Waals surface area contributed by atoms with Crippen molar-refractivity contribution in [3.63, 3.8) is 0 Å². The first kappa shape index (κ1) is 13.2. The van der Waals surface area contributed by atoms with Crippen LogP contribution in [0.5, 0.6) is 0 Å². The maximum atomic E-state index is 11.6. The molecule has 2 bridgehead atoms. The standard InChI is InChI=1S/C13H21NO4/c1-12(2,3)18-11(17)14-9(10(15)16)7-13-4-8(5-13)6-13/h8-9H,4-7H2,1-3H3,(H,14,17)(H,15,16). The van der Waals surface area contributed by atoms with Gasteiger partial charge < -0.3 is 15.2 Å². The van der Waals surface area contributed by atoms with Crippen molar-refractivity contribution >= 4 is 12.1 Å². The molecule has 3 aliphatic rings. The molecule has 3 saturated carbocycles. The predicted octanol–water partition coefficient (Wildman–Crippen LogP) is 2.15. The molecule has 0 spiro atoms. The Labute approximate surface area is 107 Å². The van der Waals surface area contributed by atoms with Gasteiger partial charge in [0.1, 0.15) is 11.6 Å². The number of carbonyl (C=O) groups is 2. The molecule has 0 aromatic rings. The monoisotopic (exact) mass is 255 g/mol. The number of rotatable bonds is 4. The average molecular weight is 255 g/mol. The summed E-state index contributed by atoms with van der Waals surface area (Å²) in [6.45, 7) is 5.26. The third-order valence-electron chi connectivity index (χ3n) is 3.79. The molecule has 102 valence electrons. The van der Waals surface area contributed by atoms with E-state index in [2.05, 4.69) is 5.32 Å². The first-order chi connectivity index (χ1) is 8.19. The van der Waals surface area contributed by atoms with Gasteiger partial charge >= 0.3 is 12.1 Å². The third kappa shape index (κ3) is 2.76. The summed E-state index contributed by atoms with van der Waals surface area (Å²) < 4.78 is 5.08. The Morgan fingerprint density at radius 2 is 1.94 bits per heavy atom. The molecule has 1 amide bonds. The van der Waals surface area contributed by atoms with Crippen LogP contribution in [0.15, 0.2) is 0 Å². The van der Waals surface area contributed by atoms with Crippen molar-refractivity contribution in [3.05, 3.63) is 0 Å². The van der Waals surface area contributed by atoms with Crippen LogP contribution in [0.4, 0.5) is 4.79 Å². The smallest absolute Gasteiger partial charge is 0.408 e. The summed E-state index contributed by atoms with van der Waals surface area (Å²) in [5.74, 6) is -0.174. The van der Waals surface area contributed by atoms with Crippen LogP contribution >= 0.6 is 0 Å². The molecule has 3 aliphatic carbocycles. The SMILES string of the molecule is CC(C)(C)OC(=O)NC(CC12CC(C1)C2)C(=O)O. The summed E-state index contributed by atoms with van der Waals surface area (Å²) in [6, 6.07) is -0.832. The number of aliphatic carboxylic acids is 1. The fraction of sp³-hybridized carbons (Fsp3) is 0.846. The number of carbonyl (C=O) groups excluding carboxylic acids is 1. The van der Waals surface area contributed by atoms with E-state index in [0.29, 0.717) is 6.42 Å². The predicted molar refractivity (Wildman–Crippen MR) is 65.2 cm³/mol. The summed E-state index contributed by atoms with van der Waals surface area (Å²) in [5.41, 5.74) is -0.424. The number of alkyl carbamates (subject to hydrolysis) is 1. The van der Waals surface area contributed by atoms with E-state index < -0.39 is 23.7 Å². The Bertz CT molecular complexity index is 355. The van der Waals surface area contributed by atoms with Crippen LogP contribution in [0.2, 0.25) is 0 Å². The molecule has 3 rings (SSSR count). The van der Waals surface area contributed by atoms with Crippen molar-refractivity contribution in [2.45, 2.75) is 58.1 Å². The first-order valence-corrected chi connectivity index (χ1v) is 6.41. The molecule has 1 unspecified atom stereocenters. The van der Waals surface area contributed by atoms with Gasteiger partial charge in [0.15, 0.2) is 0 Å². The van der Waals surface area contributed by atoms with E-state index in [-0.39, 0.29) is 5.41 Å². The fourth-order valence-electron chi connectivity index (χ4n) is 2.99. The van der Waals surface area contributed by atoms with Gasteiger partial charge in [-0.1, -0.05) is 0 Å². The lowest BCUT2D eigenvalue weighted by molar-refractivity contribution is -0.149. The van der Waals surface area contributed by atoms with Gasteiger partial charge in [-0.15, -0.1) is 0 Å².